The van der Waals surface area contributed by atoms with Crippen LogP contribution < -0.4 is 24.4 Å². The second-order valence-electron chi connectivity index (χ2n) is 8.05. The van der Waals surface area contributed by atoms with Crippen LogP contribution in [-0.2, 0) is 6.54 Å². The molecule has 4 rings (SSSR count). The summed E-state index contributed by atoms with van der Waals surface area (Å²) in [5.74, 6) is 2.12. The van der Waals surface area contributed by atoms with Crippen molar-refractivity contribution in [3.63, 3.8) is 0 Å². The van der Waals surface area contributed by atoms with Crippen LogP contribution in [0.25, 0.3) is 22.2 Å². The molecule has 1 amide bonds. The number of rotatable bonds is 8. The summed E-state index contributed by atoms with van der Waals surface area (Å²) in [5.41, 5.74) is 3.51. The van der Waals surface area contributed by atoms with Crippen LogP contribution in [0.3, 0.4) is 0 Å². The van der Waals surface area contributed by atoms with E-state index in [1.54, 1.807) is 33.6 Å². The number of hydrogen-bond acceptors (Lipinski definition) is 7. The van der Waals surface area contributed by atoms with Gasteiger partial charge in [0.15, 0.2) is 11.5 Å². The SMILES string of the molecule is COc1cc(-c2cc(C(=O)NCc3cccnc3N(C)C)c3ccccc3n2)cc(OC)c1OC. The molecule has 8 heteroatoms. The predicted octanol–water partition coefficient (Wildman–Crippen LogP) is 4.32. The van der Waals surface area contributed by atoms with E-state index >= 15 is 0 Å². The highest BCUT2D eigenvalue weighted by molar-refractivity contribution is 6.07. The number of anilines is 1. The number of methoxy groups -OCH3 is 3. The Bertz CT molecular complexity index is 1350. The van der Waals surface area contributed by atoms with E-state index in [0.717, 1.165) is 22.3 Å². The van der Waals surface area contributed by atoms with E-state index < -0.39 is 0 Å². The fraction of sp³-hybridized carbons (Fsp3) is 0.222. The van der Waals surface area contributed by atoms with E-state index in [9.17, 15) is 4.79 Å². The van der Waals surface area contributed by atoms with Gasteiger partial charge in [-0.15, -0.1) is 0 Å². The summed E-state index contributed by atoms with van der Waals surface area (Å²) in [6.07, 6.45) is 1.74. The Kier molecular flexibility index (Phi) is 7.01. The number of nitrogens with one attached hydrogen (secondary N) is 1. The van der Waals surface area contributed by atoms with E-state index in [4.69, 9.17) is 19.2 Å². The highest BCUT2D eigenvalue weighted by Crippen LogP contribution is 2.41. The molecule has 0 saturated heterocycles. The summed E-state index contributed by atoms with van der Waals surface area (Å²) in [7, 11) is 8.53. The molecule has 0 aliphatic rings. The number of hydrogen-bond donors (Lipinski definition) is 1. The lowest BCUT2D eigenvalue weighted by atomic mass is 10.0. The first-order chi connectivity index (χ1) is 17.0. The maximum absolute atomic E-state index is 13.4. The van der Waals surface area contributed by atoms with Crippen molar-refractivity contribution in [3.05, 3.63) is 71.9 Å². The Morgan fingerprint density at radius 1 is 0.943 bits per heavy atom. The molecule has 4 aromatic rings. The van der Waals surface area contributed by atoms with Crippen LogP contribution in [0.15, 0.2) is 60.8 Å². The van der Waals surface area contributed by atoms with Crippen LogP contribution in [0.4, 0.5) is 5.82 Å². The third-order valence-electron chi connectivity index (χ3n) is 5.65. The minimum atomic E-state index is -0.203. The fourth-order valence-electron chi connectivity index (χ4n) is 3.98. The van der Waals surface area contributed by atoms with Gasteiger partial charge >= 0.3 is 0 Å². The van der Waals surface area contributed by atoms with Gasteiger partial charge < -0.3 is 24.4 Å². The van der Waals surface area contributed by atoms with E-state index in [-0.39, 0.29) is 5.91 Å². The Labute approximate surface area is 204 Å². The number of fused-ring (bicyclic) bond motifs is 1. The molecule has 0 bridgehead atoms. The quantitative estimate of drug-likeness (QED) is 0.409. The molecule has 1 N–H and O–H groups in total. The molecule has 0 fully saturated rings. The molecule has 0 unspecified atom stereocenters. The fourth-order valence-corrected chi connectivity index (χ4v) is 3.98. The standard InChI is InChI=1S/C27H28N4O4/c1-31(2)26-17(9-8-12-28-26)16-29-27(32)20-15-22(30-21-11-7-6-10-19(20)21)18-13-23(33-3)25(35-5)24(14-18)34-4/h6-15H,16H2,1-5H3,(H,29,32). The smallest absolute Gasteiger partial charge is 0.252 e. The first-order valence-corrected chi connectivity index (χ1v) is 11.1. The summed E-state index contributed by atoms with van der Waals surface area (Å²) in [5, 5.41) is 3.81. The summed E-state index contributed by atoms with van der Waals surface area (Å²) in [6, 6.07) is 16.8. The molecule has 0 aliphatic carbocycles. The zero-order chi connectivity index (χ0) is 24.9. The number of benzene rings is 2. The second-order valence-corrected chi connectivity index (χ2v) is 8.05. The van der Waals surface area contributed by atoms with Crippen LogP contribution in [0.2, 0.25) is 0 Å². The van der Waals surface area contributed by atoms with Gasteiger partial charge in [0, 0.05) is 43.4 Å². The molecule has 2 aromatic carbocycles. The molecule has 2 aromatic heterocycles. The number of aromatic nitrogens is 2. The Balaban J connectivity index is 1.76. The molecule has 180 valence electrons. The molecule has 2 heterocycles. The van der Waals surface area contributed by atoms with Gasteiger partial charge in [-0.3, -0.25) is 4.79 Å². The lowest BCUT2D eigenvalue weighted by Crippen LogP contribution is -2.25. The number of amides is 1. The molecule has 0 aliphatic heterocycles. The van der Waals surface area contributed by atoms with Gasteiger partial charge in [-0.1, -0.05) is 24.3 Å². The van der Waals surface area contributed by atoms with Crippen molar-refractivity contribution in [2.45, 2.75) is 6.54 Å². The van der Waals surface area contributed by atoms with Gasteiger partial charge in [-0.2, -0.15) is 0 Å². The molecule has 0 saturated carbocycles. The van der Waals surface area contributed by atoms with Crippen molar-refractivity contribution >= 4 is 22.6 Å². The Hall–Kier alpha value is -4.33. The van der Waals surface area contributed by atoms with E-state index in [0.29, 0.717) is 40.6 Å². The monoisotopic (exact) mass is 472 g/mol. The normalized spacial score (nSPS) is 10.7. The zero-order valence-corrected chi connectivity index (χ0v) is 20.5. The van der Waals surface area contributed by atoms with Gasteiger partial charge in [0.05, 0.1) is 38.1 Å². The van der Waals surface area contributed by atoms with E-state index in [1.165, 1.54) is 0 Å². The second kappa shape index (κ2) is 10.3. The molecular formula is C27H28N4O4. The maximum atomic E-state index is 13.4. The van der Waals surface area contributed by atoms with Gasteiger partial charge in [0.1, 0.15) is 5.82 Å². The Morgan fingerprint density at radius 2 is 1.66 bits per heavy atom. The summed E-state index contributed by atoms with van der Waals surface area (Å²) >= 11 is 0. The van der Waals surface area contributed by atoms with Crippen molar-refractivity contribution in [1.82, 2.24) is 15.3 Å². The minimum absolute atomic E-state index is 0.203. The highest BCUT2D eigenvalue weighted by Gasteiger charge is 2.18. The third kappa shape index (κ3) is 4.82. The van der Waals surface area contributed by atoms with Crippen LogP contribution in [0.1, 0.15) is 15.9 Å². The lowest BCUT2D eigenvalue weighted by molar-refractivity contribution is 0.0952. The van der Waals surface area contributed by atoms with E-state index in [1.807, 2.05) is 67.5 Å². The minimum Gasteiger partial charge on any atom is -0.493 e. The van der Waals surface area contributed by atoms with Crippen molar-refractivity contribution in [2.75, 3.05) is 40.3 Å². The van der Waals surface area contributed by atoms with Crippen molar-refractivity contribution in [2.24, 2.45) is 0 Å². The van der Waals surface area contributed by atoms with Crippen molar-refractivity contribution in [3.8, 4) is 28.5 Å². The largest absolute Gasteiger partial charge is 0.493 e. The maximum Gasteiger partial charge on any atom is 0.252 e. The van der Waals surface area contributed by atoms with Crippen LogP contribution in [0.5, 0.6) is 17.2 Å². The summed E-state index contributed by atoms with van der Waals surface area (Å²) in [6.45, 7) is 0.344. The zero-order valence-electron chi connectivity index (χ0n) is 20.5. The third-order valence-corrected chi connectivity index (χ3v) is 5.65. The van der Waals surface area contributed by atoms with Crippen molar-refractivity contribution in [1.29, 1.82) is 0 Å². The highest BCUT2D eigenvalue weighted by atomic mass is 16.5. The number of nitrogens with zero attached hydrogens (tertiary/aromatic N) is 3. The van der Waals surface area contributed by atoms with Crippen LogP contribution >= 0.6 is 0 Å². The van der Waals surface area contributed by atoms with Crippen molar-refractivity contribution < 1.29 is 19.0 Å². The number of para-hydroxylation sites is 1. The number of carbonyl (C=O) groups excluding carboxylic acids is 1. The molecule has 8 nitrogen and oxygen atoms in total. The summed E-state index contributed by atoms with van der Waals surface area (Å²) in [4.78, 5) is 24.5. The van der Waals surface area contributed by atoms with Gasteiger partial charge in [-0.25, -0.2) is 9.97 Å². The van der Waals surface area contributed by atoms with Gasteiger partial charge in [-0.05, 0) is 30.3 Å². The first-order valence-electron chi connectivity index (χ1n) is 11.1. The number of pyridine rings is 2. The molecule has 0 atom stereocenters. The topological polar surface area (TPSA) is 85.8 Å². The average molecular weight is 473 g/mol. The predicted molar refractivity (Wildman–Crippen MR) is 137 cm³/mol. The van der Waals surface area contributed by atoms with Crippen LogP contribution in [-0.4, -0.2) is 51.3 Å². The summed E-state index contributed by atoms with van der Waals surface area (Å²) < 4.78 is 16.4. The van der Waals surface area contributed by atoms with Crippen LogP contribution in [0, 0.1) is 0 Å². The average Bonchev–Trinajstić information content (AvgIpc) is 2.90. The molecular weight excluding hydrogens is 444 g/mol. The number of ether oxygens (including phenoxy) is 3. The molecule has 0 spiro atoms. The molecule has 0 radical (unpaired) electrons. The van der Waals surface area contributed by atoms with Gasteiger partial charge in [0.25, 0.3) is 5.91 Å². The first kappa shape index (κ1) is 23.8. The van der Waals surface area contributed by atoms with Gasteiger partial charge in [0.2, 0.25) is 5.75 Å². The lowest BCUT2D eigenvalue weighted by Gasteiger charge is -2.17. The Morgan fingerprint density at radius 3 is 2.31 bits per heavy atom. The number of carbonyl (C=O) groups is 1. The van der Waals surface area contributed by atoms with E-state index in [2.05, 4.69) is 10.3 Å². The molecule has 35 heavy (non-hydrogen) atoms.